The fourth-order valence-corrected chi connectivity index (χ4v) is 3.99. The van der Waals surface area contributed by atoms with Gasteiger partial charge in [-0.1, -0.05) is 53.5 Å². The molecule has 8 heteroatoms. The molecule has 2 aromatic carbocycles. The molecule has 0 aliphatic rings. The Morgan fingerprint density at radius 3 is 2.55 bits per heavy atom. The molecular weight excluding hydrogens is 461 g/mol. The first-order valence-electron chi connectivity index (χ1n) is 10.4. The van der Waals surface area contributed by atoms with Gasteiger partial charge in [0.25, 0.3) is 5.91 Å². The van der Waals surface area contributed by atoms with Crippen molar-refractivity contribution in [3.8, 4) is 5.75 Å². The maximum atomic E-state index is 12.8. The number of para-hydroxylation sites is 1. The van der Waals surface area contributed by atoms with E-state index in [0.717, 1.165) is 16.8 Å². The van der Waals surface area contributed by atoms with E-state index in [1.807, 2.05) is 61.9 Å². The number of hydrogen-bond donors (Lipinski definition) is 1. The minimum Gasteiger partial charge on any atom is -0.484 e. The lowest BCUT2D eigenvalue weighted by Gasteiger charge is -2.09. The zero-order valence-electron chi connectivity index (χ0n) is 18.5. The number of rotatable bonds is 7. The Morgan fingerprint density at radius 1 is 1.03 bits per heavy atom. The zero-order chi connectivity index (χ0) is 23.5. The van der Waals surface area contributed by atoms with Crippen molar-refractivity contribution in [1.29, 1.82) is 0 Å². The number of amides is 1. The van der Waals surface area contributed by atoms with Gasteiger partial charge in [0.2, 0.25) is 0 Å². The predicted octanol–water partition coefficient (Wildman–Crippen LogP) is 6.59. The Kier molecular flexibility index (Phi) is 6.77. The maximum absolute atomic E-state index is 12.8. The molecule has 0 saturated heterocycles. The molecule has 0 spiro atoms. The summed E-state index contributed by atoms with van der Waals surface area (Å²) in [5.74, 6) is 0.932. The molecule has 0 aliphatic carbocycles. The van der Waals surface area contributed by atoms with Crippen LogP contribution in [0.2, 0.25) is 10.0 Å². The van der Waals surface area contributed by atoms with Crippen LogP contribution >= 0.6 is 23.2 Å². The highest BCUT2D eigenvalue weighted by atomic mass is 35.5. The van der Waals surface area contributed by atoms with Crippen LogP contribution in [-0.2, 0) is 13.2 Å². The van der Waals surface area contributed by atoms with Gasteiger partial charge in [0.05, 0.1) is 28.6 Å². The molecule has 1 amide bonds. The summed E-state index contributed by atoms with van der Waals surface area (Å²) in [4.78, 5) is 12.8. The van der Waals surface area contributed by atoms with Crippen molar-refractivity contribution in [3.63, 3.8) is 0 Å². The van der Waals surface area contributed by atoms with Crippen LogP contribution in [0.3, 0.4) is 0 Å². The fraction of sp³-hybridized carbons (Fsp3) is 0.200. The van der Waals surface area contributed by atoms with Gasteiger partial charge in [0.1, 0.15) is 18.1 Å². The van der Waals surface area contributed by atoms with Crippen LogP contribution in [0.1, 0.15) is 38.8 Å². The van der Waals surface area contributed by atoms with Crippen molar-refractivity contribution in [3.05, 3.63) is 98.7 Å². The van der Waals surface area contributed by atoms with E-state index in [9.17, 15) is 4.79 Å². The third kappa shape index (κ3) is 5.07. The van der Waals surface area contributed by atoms with Gasteiger partial charge in [-0.05, 0) is 56.2 Å². The molecule has 4 aromatic rings. The molecule has 2 aromatic heterocycles. The third-order valence-electron chi connectivity index (χ3n) is 5.31. The van der Waals surface area contributed by atoms with Gasteiger partial charge in [-0.3, -0.25) is 9.48 Å². The molecule has 33 heavy (non-hydrogen) atoms. The number of halogens is 2. The monoisotopic (exact) mass is 483 g/mol. The molecule has 6 nitrogen and oxygen atoms in total. The zero-order valence-corrected chi connectivity index (χ0v) is 20.0. The summed E-state index contributed by atoms with van der Waals surface area (Å²) in [6, 6.07) is 16.5. The number of aromatic nitrogens is 2. The smallest absolute Gasteiger partial charge is 0.291 e. The first-order chi connectivity index (χ1) is 15.8. The number of carbonyl (C=O) groups excluding carboxylic acids is 1. The molecule has 0 aliphatic heterocycles. The summed E-state index contributed by atoms with van der Waals surface area (Å²) >= 11 is 12.5. The lowest BCUT2D eigenvalue weighted by molar-refractivity contribution is 0.0992. The summed E-state index contributed by atoms with van der Waals surface area (Å²) in [6.07, 6.45) is 0. The number of nitrogens with zero attached hydrogens (tertiary/aromatic N) is 2. The van der Waals surface area contributed by atoms with Crippen LogP contribution in [0, 0.1) is 20.8 Å². The topological polar surface area (TPSA) is 69.3 Å². The van der Waals surface area contributed by atoms with Gasteiger partial charge < -0.3 is 14.5 Å². The number of nitrogens with one attached hydrogen (secondary N) is 1. The molecule has 2 heterocycles. The Bertz CT molecular complexity index is 1290. The molecule has 0 radical (unpaired) electrons. The SMILES string of the molecule is Cc1cccc(Cl)c1OCc1ccc(C(=O)Nc2c(C)nn(Cc3ccccc3Cl)c2C)o1. The summed E-state index contributed by atoms with van der Waals surface area (Å²) in [5, 5.41) is 8.67. The average molecular weight is 484 g/mol. The average Bonchev–Trinajstić information content (AvgIpc) is 3.35. The second-order valence-electron chi connectivity index (χ2n) is 7.69. The highest BCUT2D eigenvalue weighted by Gasteiger charge is 2.18. The number of benzene rings is 2. The highest BCUT2D eigenvalue weighted by molar-refractivity contribution is 6.32. The molecule has 0 bridgehead atoms. The largest absolute Gasteiger partial charge is 0.484 e. The highest BCUT2D eigenvalue weighted by Crippen LogP contribution is 2.29. The van der Waals surface area contributed by atoms with Crippen molar-refractivity contribution < 1.29 is 13.9 Å². The molecule has 1 N–H and O–H groups in total. The van der Waals surface area contributed by atoms with Gasteiger partial charge in [-0.15, -0.1) is 0 Å². The van der Waals surface area contributed by atoms with Crippen molar-refractivity contribution in [2.75, 3.05) is 5.32 Å². The standard InChI is InChI=1S/C25H23Cl2N3O3/c1-15-7-6-10-21(27)24(15)32-14-19-11-12-22(33-19)25(31)28-23-16(2)29-30(17(23)3)13-18-8-4-5-9-20(18)26/h4-12H,13-14H2,1-3H3,(H,28,31). The van der Waals surface area contributed by atoms with E-state index < -0.39 is 0 Å². The Hall–Kier alpha value is -3.22. The quantitative estimate of drug-likeness (QED) is 0.321. The minimum absolute atomic E-state index is 0.158. The van der Waals surface area contributed by atoms with E-state index in [1.54, 1.807) is 18.2 Å². The number of aryl methyl sites for hydroxylation is 2. The lowest BCUT2D eigenvalue weighted by Crippen LogP contribution is -2.12. The Morgan fingerprint density at radius 2 is 1.79 bits per heavy atom. The number of furan rings is 1. The van der Waals surface area contributed by atoms with E-state index >= 15 is 0 Å². The van der Waals surface area contributed by atoms with Crippen LogP contribution in [0.15, 0.2) is 59.0 Å². The van der Waals surface area contributed by atoms with Crippen molar-refractivity contribution in [2.24, 2.45) is 0 Å². The van der Waals surface area contributed by atoms with Gasteiger partial charge in [0.15, 0.2) is 5.76 Å². The van der Waals surface area contributed by atoms with Crippen molar-refractivity contribution in [1.82, 2.24) is 9.78 Å². The molecule has 0 saturated carbocycles. The van der Waals surface area contributed by atoms with E-state index in [2.05, 4.69) is 10.4 Å². The molecule has 4 rings (SSSR count). The third-order valence-corrected chi connectivity index (χ3v) is 5.97. The van der Waals surface area contributed by atoms with Crippen LogP contribution in [0.25, 0.3) is 0 Å². The molecule has 0 unspecified atom stereocenters. The summed E-state index contributed by atoms with van der Waals surface area (Å²) in [7, 11) is 0. The van der Waals surface area contributed by atoms with E-state index in [-0.39, 0.29) is 18.3 Å². The van der Waals surface area contributed by atoms with Crippen molar-refractivity contribution >= 4 is 34.8 Å². The van der Waals surface area contributed by atoms with Gasteiger partial charge >= 0.3 is 0 Å². The van der Waals surface area contributed by atoms with Crippen LogP contribution in [0.4, 0.5) is 5.69 Å². The summed E-state index contributed by atoms with van der Waals surface area (Å²) < 4.78 is 13.3. The van der Waals surface area contributed by atoms with E-state index in [0.29, 0.717) is 39.5 Å². The predicted molar refractivity (Wildman–Crippen MR) is 129 cm³/mol. The van der Waals surface area contributed by atoms with E-state index in [4.69, 9.17) is 32.4 Å². The molecule has 0 fully saturated rings. The van der Waals surface area contributed by atoms with Gasteiger partial charge in [0, 0.05) is 5.02 Å². The molecular formula is C25H23Cl2N3O3. The van der Waals surface area contributed by atoms with Crippen LogP contribution < -0.4 is 10.1 Å². The Balaban J connectivity index is 1.44. The van der Waals surface area contributed by atoms with E-state index in [1.165, 1.54) is 0 Å². The lowest BCUT2D eigenvalue weighted by atomic mass is 10.2. The second kappa shape index (κ2) is 9.73. The first-order valence-corrected chi connectivity index (χ1v) is 11.1. The fourth-order valence-electron chi connectivity index (χ4n) is 3.52. The summed E-state index contributed by atoms with van der Waals surface area (Å²) in [5.41, 5.74) is 4.05. The van der Waals surface area contributed by atoms with Crippen LogP contribution in [0.5, 0.6) is 5.75 Å². The second-order valence-corrected chi connectivity index (χ2v) is 8.50. The Labute approximate surface area is 202 Å². The molecule has 170 valence electrons. The number of carbonyl (C=O) groups is 1. The number of hydrogen-bond acceptors (Lipinski definition) is 4. The molecule has 0 atom stereocenters. The normalized spacial score (nSPS) is 10.9. The number of anilines is 1. The number of ether oxygens (including phenoxy) is 1. The minimum atomic E-state index is -0.362. The van der Waals surface area contributed by atoms with Crippen molar-refractivity contribution in [2.45, 2.75) is 33.9 Å². The van der Waals surface area contributed by atoms with Gasteiger partial charge in [-0.25, -0.2) is 0 Å². The maximum Gasteiger partial charge on any atom is 0.291 e. The van der Waals surface area contributed by atoms with Gasteiger partial charge in [-0.2, -0.15) is 5.10 Å². The summed E-state index contributed by atoms with van der Waals surface area (Å²) in [6.45, 7) is 6.33. The first kappa shape index (κ1) is 23.0. The van der Waals surface area contributed by atoms with Crippen LogP contribution in [-0.4, -0.2) is 15.7 Å².